The Morgan fingerprint density at radius 1 is 1.11 bits per heavy atom. The zero-order valence-corrected chi connectivity index (χ0v) is 20.1. The largest absolute Gasteiger partial charge is 0.508 e. The van der Waals surface area contributed by atoms with E-state index in [4.69, 9.17) is 5.26 Å². The van der Waals surface area contributed by atoms with Crippen molar-refractivity contribution in [2.24, 2.45) is 0 Å². The van der Waals surface area contributed by atoms with Gasteiger partial charge in [-0.25, -0.2) is 9.37 Å². The summed E-state index contributed by atoms with van der Waals surface area (Å²) in [5.74, 6) is -0.385. The third kappa shape index (κ3) is 5.22. The second-order valence-corrected chi connectivity index (χ2v) is 9.10. The van der Waals surface area contributed by atoms with E-state index in [-0.39, 0.29) is 29.3 Å². The number of imidazole rings is 1. The number of nitriles is 1. The molecule has 1 aromatic heterocycles. The highest BCUT2D eigenvalue weighted by atomic mass is 19.1. The summed E-state index contributed by atoms with van der Waals surface area (Å²) >= 11 is 0. The number of carbonyl (C=O) groups is 1. The van der Waals surface area contributed by atoms with Crippen LogP contribution >= 0.6 is 0 Å². The predicted molar refractivity (Wildman–Crippen MR) is 136 cm³/mol. The van der Waals surface area contributed by atoms with E-state index >= 15 is 0 Å². The van der Waals surface area contributed by atoms with E-state index < -0.39 is 5.82 Å². The minimum absolute atomic E-state index is 0.00238. The Morgan fingerprint density at radius 3 is 2.68 bits per heavy atom. The van der Waals surface area contributed by atoms with Crippen LogP contribution in [-0.4, -0.2) is 38.1 Å². The van der Waals surface area contributed by atoms with Crippen LogP contribution < -0.4 is 5.32 Å². The summed E-state index contributed by atoms with van der Waals surface area (Å²) in [6, 6.07) is 22.6. The van der Waals surface area contributed by atoms with Gasteiger partial charge in [-0.15, -0.1) is 0 Å². The maximum absolute atomic E-state index is 14.0. The summed E-state index contributed by atoms with van der Waals surface area (Å²) in [7, 11) is 0. The van der Waals surface area contributed by atoms with E-state index in [2.05, 4.69) is 10.3 Å². The number of rotatable bonds is 8. The third-order valence-electron chi connectivity index (χ3n) is 6.69. The average molecular weight is 496 g/mol. The summed E-state index contributed by atoms with van der Waals surface area (Å²) in [6.45, 7) is 1.40. The molecule has 2 N–H and O–H groups in total. The summed E-state index contributed by atoms with van der Waals surface area (Å²) in [6.07, 6.45) is 4.04. The highest BCUT2D eigenvalue weighted by Gasteiger charge is 2.37. The van der Waals surface area contributed by atoms with Gasteiger partial charge in [0, 0.05) is 25.8 Å². The quantitative estimate of drug-likeness (QED) is 0.383. The Bertz CT molecular complexity index is 1450. The van der Waals surface area contributed by atoms with Gasteiger partial charge in [0.05, 0.1) is 29.7 Å². The lowest BCUT2D eigenvalue weighted by molar-refractivity contribution is -0.130. The van der Waals surface area contributed by atoms with E-state index in [1.54, 1.807) is 36.8 Å². The van der Waals surface area contributed by atoms with Crippen LogP contribution in [-0.2, 0) is 17.9 Å². The molecular formula is C29H26FN5O2. The average Bonchev–Trinajstić information content (AvgIpc) is 3.50. The molecule has 37 heavy (non-hydrogen) atoms. The number of aromatic nitrogens is 2. The van der Waals surface area contributed by atoms with Gasteiger partial charge in [0.1, 0.15) is 17.6 Å². The van der Waals surface area contributed by atoms with Crippen molar-refractivity contribution < 1.29 is 14.3 Å². The Kier molecular flexibility index (Phi) is 6.97. The predicted octanol–water partition coefficient (Wildman–Crippen LogP) is 4.13. The number of nitrogens with one attached hydrogen (secondary N) is 1. The SMILES string of the molecule is N#Cc1ccc(Cn2cncc2CN[C@@H]2CCN([C@@H](c3ccccc3)c3cccc(O)c3)C2=O)cc1F. The van der Waals surface area contributed by atoms with Crippen molar-refractivity contribution in [3.63, 3.8) is 0 Å². The Balaban J connectivity index is 1.29. The fourth-order valence-electron chi connectivity index (χ4n) is 4.84. The molecule has 2 atom stereocenters. The molecule has 0 bridgehead atoms. The van der Waals surface area contributed by atoms with Crippen LogP contribution in [0.25, 0.3) is 0 Å². The van der Waals surface area contributed by atoms with E-state index in [9.17, 15) is 14.3 Å². The molecule has 1 aliphatic rings. The summed E-state index contributed by atoms with van der Waals surface area (Å²) in [5.41, 5.74) is 3.43. The number of aromatic hydroxyl groups is 1. The number of hydrogen-bond donors (Lipinski definition) is 2. The molecular weight excluding hydrogens is 469 g/mol. The molecule has 1 fully saturated rings. The van der Waals surface area contributed by atoms with Crippen molar-refractivity contribution in [1.29, 1.82) is 5.26 Å². The Hall–Kier alpha value is -4.48. The van der Waals surface area contributed by atoms with Crippen molar-refractivity contribution in [2.45, 2.75) is 31.6 Å². The van der Waals surface area contributed by atoms with E-state index in [1.165, 1.54) is 12.1 Å². The highest BCUT2D eigenvalue weighted by molar-refractivity contribution is 5.85. The van der Waals surface area contributed by atoms with Crippen molar-refractivity contribution >= 4 is 5.91 Å². The molecule has 1 aliphatic heterocycles. The maximum Gasteiger partial charge on any atom is 0.240 e. The molecule has 0 saturated carbocycles. The van der Waals surface area contributed by atoms with E-state index in [1.807, 2.05) is 51.9 Å². The van der Waals surface area contributed by atoms with Crippen molar-refractivity contribution in [1.82, 2.24) is 19.8 Å². The summed E-state index contributed by atoms with van der Waals surface area (Å²) in [4.78, 5) is 19.6. The first-order valence-electron chi connectivity index (χ1n) is 12.1. The zero-order chi connectivity index (χ0) is 25.8. The molecule has 0 unspecified atom stereocenters. The van der Waals surface area contributed by atoms with Crippen LogP contribution in [0.1, 0.15) is 40.4 Å². The van der Waals surface area contributed by atoms with Gasteiger partial charge in [-0.1, -0.05) is 48.5 Å². The molecule has 7 nitrogen and oxygen atoms in total. The van der Waals surface area contributed by atoms with Gasteiger partial charge in [0.15, 0.2) is 0 Å². The number of likely N-dealkylation sites (tertiary alicyclic amines) is 1. The Labute approximate surface area is 214 Å². The first kappa shape index (κ1) is 24.2. The van der Waals surface area contributed by atoms with Crippen LogP contribution in [0.15, 0.2) is 85.3 Å². The van der Waals surface area contributed by atoms with Crippen LogP contribution in [0.3, 0.4) is 0 Å². The third-order valence-corrected chi connectivity index (χ3v) is 6.69. The van der Waals surface area contributed by atoms with Gasteiger partial charge in [-0.3, -0.25) is 4.79 Å². The summed E-state index contributed by atoms with van der Waals surface area (Å²) in [5, 5.41) is 22.4. The molecule has 1 saturated heterocycles. The number of benzene rings is 3. The van der Waals surface area contributed by atoms with Crippen molar-refractivity contribution in [2.75, 3.05) is 6.54 Å². The molecule has 3 aromatic carbocycles. The van der Waals surface area contributed by atoms with Crippen LogP contribution in [0.4, 0.5) is 4.39 Å². The minimum atomic E-state index is -0.545. The standard InChI is InChI=1S/C29H26FN5O2/c30-26-13-20(9-10-23(26)15-31)18-34-19-32-16-24(34)17-33-27-11-12-35(29(27)37)28(21-5-2-1-3-6-21)22-7-4-8-25(36)14-22/h1-10,13-14,16,19,27-28,33,36H,11-12,17-18H2/t27-,28+/m1/s1. The smallest absolute Gasteiger partial charge is 0.240 e. The number of hydrogen-bond acceptors (Lipinski definition) is 5. The molecule has 0 radical (unpaired) electrons. The van der Waals surface area contributed by atoms with Gasteiger partial charge < -0.3 is 19.9 Å². The van der Waals surface area contributed by atoms with Gasteiger partial charge in [-0.05, 0) is 47.4 Å². The number of nitrogens with zero attached hydrogens (tertiary/aromatic N) is 4. The van der Waals surface area contributed by atoms with Gasteiger partial charge in [-0.2, -0.15) is 5.26 Å². The van der Waals surface area contributed by atoms with Crippen LogP contribution in [0.5, 0.6) is 5.75 Å². The summed E-state index contributed by atoms with van der Waals surface area (Å²) < 4.78 is 15.9. The zero-order valence-electron chi connectivity index (χ0n) is 20.1. The van der Waals surface area contributed by atoms with E-state index in [0.717, 1.165) is 22.4 Å². The van der Waals surface area contributed by atoms with Gasteiger partial charge in [0.25, 0.3) is 0 Å². The maximum atomic E-state index is 14.0. The lowest BCUT2D eigenvalue weighted by atomic mass is 9.97. The fraction of sp³-hybridized carbons (Fsp3) is 0.207. The van der Waals surface area contributed by atoms with Crippen molar-refractivity contribution in [3.8, 4) is 11.8 Å². The lowest BCUT2D eigenvalue weighted by Gasteiger charge is -2.29. The number of phenols is 1. The first-order chi connectivity index (χ1) is 18.0. The van der Waals surface area contributed by atoms with Crippen molar-refractivity contribution in [3.05, 3.63) is 119 Å². The van der Waals surface area contributed by atoms with Crippen LogP contribution in [0.2, 0.25) is 0 Å². The molecule has 2 heterocycles. The molecule has 8 heteroatoms. The monoisotopic (exact) mass is 495 g/mol. The second kappa shape index (κ2) is 10.6. The molecule has 0 aliphatic carbocycles. The molecule has 186 valence electrons. The number of halogens is 1. The second-order valence-electron chi connectivity index (χ2n) is 9.10. The topological polar surface area (TPSA) is 94.2 Å². The van der Waals surface area contributed by atoms with Crippen LogP contribution in [0, 0.1) is 17.1 Å². The minimum Gasteiger partial charge on any atom is -0.508 e. The highest BCUT2D eigenvalue weighted by Crippen LogP contribution is 2.33. The molecule has 4 aromatic rings. The molecule has 5 rings (SSSR count). The normalized spacial score (nSPS) is 16.1. The first-order valence-corrected chi connectivity index (χ1v) is 12.1. The Morgan fingerprint density at radius 2 is 1.92 bits per heavy atom. The number of carbonyl (C=O) groups excluding carboxylic acids is 1. The number of amides is 1. The lowest BCUT2D eigenvalue weighted by Crippen LogP contribution is -2.40. The number of phenolic OH excluding ortho intramolecular Hbond substituents is 1. The van der Waals surface area contributed by atoms with Gasteiger partial charge >= 0.3 is 0 Å². The van der Waals surface area contributed by atoms with Gasteiger partial charge in [0.2, 0.25) is 5.91 Å². The van der Waals surface area contributed by atoms with E-state index in [0.29, 0.717) is 26.1 Å². The fourth-order valence-corrected chi connectivity index (χ4v) is 4.84. The molecule has 0 spiro atoms. The molecule has 1 amide bonds.